The molecule has 2 rings (SSSR count). The Hall–Kier alpha value is -0.183. The van der Waals surface area contributed by atoms with Gasteiger partial charge in [-0.2, -0.15) is 71.8 Å². The van der Waals surface area contributed by atoms with E-state index in [1.165, 1.54) is 11.1 Å². The van der Waals surface area contributed by atoms with Crippen molar-refractivity contribution in [2.75, 3.05) is 0 Å². The summed E-state index contributed by atoms with van der Waals surface area (Å²) in [6.45, 7) is 0. The largest absolute Gasteiger partial charge is 0.184 e. The minimum atomic E-state index is 0. The van der Waals surface area contributed by atoms with Crippen molar-refractivity contribution in [3.05, 3.63) is 60.7 Å². The molecule has 0 bridgehead atoms. The fourth-order valence-corrected chi connectivity index (χ4v) is 1.16. The van der Waals surface area contributed by atoms with E-state index in [0.717, 1.165) is 0 Å². The summed E-state index contributed by atoms with van der Waals surface area (Å²) in [6, 6.07) is 21.9. The Kier molecular flexibility index (Phi) is 7.06. The molecule has 0 saturated heterocycles. The fourth-order valence-electron chi connectivity index (χ4n) is 1.16. The summed E-state index contributed by atoms with van der Waals surface area (Å²) in [5.41, 5.74) is 2.45. The fraction of sp³-hybridized carbons (Fsp3) is 0. The molecule has 0 amide bonds. The van der Waals surface area contributed by atoms with Gasteiger partial charge in [-0.25, -0.2) is 0 Å². The molecule has 0 aliphatic heterocycles. The molecular formula is C12H8Pt2-2. The summed E-state index contributed by atoms with van der Waals surface area (Å²) in [5, 5.41) is 0. The monoisotopic (exact) mass is 542 g/mol. The molecule has 14 heavy (non-hydrogen) atoms. The Bertz CT molecular complexity index is 306. The molecule has 0 saturated carbocycles. The molecular weight excluding hydrogens is 534 g/mol. The van der Waals surface area contributed by atoms with Gasteiger partial charge in [0.2, 0.25) is 0 Å². The van der Waals surface area contributed by atoms with Crippen LogP contribution in [0.1, 0.15) is 0 Å². The third kappa shape index (κ3) is 3.52. The van der Waals surface area contributed by atoms with Crippen molar-refractivity contribution in [3.8, 4) is 11.1 Å². The van der Waals surface area contributed by atoms with Gasteiger partial charge in [-0.1, -0.05) is 0 Å². The number of hydrogen-bond donors (Lipinski definition) is 0. The van der Waals surface area contributed by atoms with Crippen LogP contribution in [0.3, 0.4) is 0 Å². The first-order valence-corrected chi connectivity index (χ1v) is 3.89. The van der Waals surface area contributed by atoms with Gasteiger partial charge in [0, 0.05) is 42.1 Å². The van der Waals surface area contributed by atoms with Crippen molar-refractivity contribution < 1.29 is 42.1 Å². The zero-order valence-electron chi connectivity index (χ0n) is 7.25. The van der Waals surface area contributed by atoms with Crippen molar-refractivity contribution in [1.29, 1.82) is 0 Å². The predicted molar refractivity (Wildman–Crippen MR) is 49.6 cm³/mol. The van der Waals surface area contributed by atoms with E-state index in [2.05, 4.69) is 36.4 Å². The normalized spacial score (nSPS) is 8.29. The molecule has 0 N–H and O–H groups in total. The maximum atomic E-state index is 2.99. The minimum absolute atomic E-state index is 0. The maximum Gasteiger partial charge on any atom is 0 e. The summed E-state index contributed by atoms with van der Waals surface area (Å²) < 4.78 is 0. The van der Waals surface area contributed by atoms with Gasteiger partial charge < -0.3 is 0 Å². The summed E-state index contributed by atoms with van der Waals surface area (Å²) >= 11 is 0. The van der Waals surface area contributed by atoms with Crippen LogP contribution in [0.4, 0.5) is 0 Å². The summed E-state index contributed by atoms with van der Waals surface area (Å²) in [6.07, 6.45) is 0. The van der Waals surface area contributed by atoms with Gasteiger partial charge in [0.1, 0.15) is 0 Å². The van der Waals surface area contributed by atoms with E-state index in [9.17, 15) is 0 Å². The molecule has 0 unspecified atom stereocenters. The molecule has 0 nitrogen and oxygen atoms in total. The van der Waals surface area contributed by atoms with E-state index in [1.807, 2.05) is 24.3 Å². The molecule has 0 heterocycles. The first-order valence-electron chi connectivity index (χ1n) is 3.89. The van der Waals surface area contributed by atoms with Gasteiger partial charge in [-0.3, -0.25) is 0 Å². The first-order chi connectivity index (χ1) is 5.97. The zero-order valence-corrected chi connectivity index (χ0v) is 11.8. The van der Waals surface area contributed by atoms with E-state index in [1.54, 1.807) is 0 Å². The third-order valence-corrected chi connectivity index (χ3v) is 1.77. The second kappa shape index (κ2) is 7.15. The standard InChI is InChI=1S/C12H8.2Pt/c1-3-7-11(8-4-1)12-9-5-2-6-10-12;;/h3-10H;;/q-2;;. The van der Waals surface area contributed by atoms with Crippen LogP contribution in [0.15, 0.2) is 48.5 Å². The van der Waals surface area contributed by atoms with Gasteiger partial charge in [-0.05, 0) is 0 Å². The molecule has 2 aromatic rings. The van der Waals surface area contributed by atoms with Crippen LogP contribution in [0.25, 0.3) is 11.1 Å². The van der Waals surface area contributed by atoms with E-state index < -0.39 is 0 Å². The summed E-state index contributed by atoms with van der Waals surface area (Å²) in [5.74, 6) is 0. The molecule has 0 radical (unpaired) electrons. The molecule has 2 heteroatoms. The van der Waals surface area contributed by atoms with E-state index in [0.29, 0.717) is 0 Å². The van der Waals surface area contributed by atoms with Crippen LogP contribution in [-0.2, 0) is 42.1 Å². The van der Waals surface area contributed by atoms with E-state index >= 15 is 0 Å². The second-order valence-electron chi connectivity index (χ2n) is 2.58. The molecule has 2 aromatic carbocycles. The number of rotatable bonds is 1. The van der Waals surface area contributed by atoms with Crippen LogP contribution < -0.4 is 0 Å². The Morgan fingerprint density at radius 1 is 0.571 bits per heavy atom. The third-order valence-electron chi connectivity index (χ3n) is 1.77. The van der Waals surface area contributed by atoms with Gasteiger partial charge in [0.25, 0.3) is 0 Å². The zero-order chi connectivity index (χ0) is 8.23. The Morgan fingerprint density at radius 3 is 1.14 bits per heavy atom. The van der Waals surface area contributed by atoms with Gasteiger partial charge in [0.15, 0.2) is 0 Å². The van der Waals surface area contributed by atoms with Gasteiger partial charge in [-0.15, -0.1) is 0 Å². The van der Waals surface area contributed by atoms with Crippen molar-refractivity contribution in [2.45, 2.75) is 0 Å². The van der Waals surface area contributed by atoms with E-state index in [-0.39, 0.29) is 42.1 Å². The van der Waals surface area contributed by atoms with Gasteiger partial charge in [0.05, 0.1) is 0 Å². The van der Waals surface area contributed by atoms with Gasteiger partial charge >= 0.3 is 0 Å². The second-order valence-corrected chi connectivity index (χ2v) is 2.58. The first kappa shape index (κ1) is 13.8. The molecule has 78 valence electrons. The van der Waals surface area contributed by atoms with E-state index in [4.69, 9.17) is 0 Å². The van der Waals surface area contributed by atoms with Crippen molar-refractivity contribution in [2.24, 2.45) is 0 Å². The Morgan fingerprint density at radius 2 is 0.857 bits per heavy atom. The topological polar surface area (TPSA) is 0 Å². The number of hydrogen-bond acceptors (Lipinski definition) is 0. The van der Waals surface area contributed by atoms with Crippen molar-refractivity contribution in [1.82, 2.24) is 0 Å². The van der Waals surface area contributed by atoms with Crippen LogP contribution in [0.2, 0.25) is 0 Å². The molecule has 0 aliphatic carbocycles. The molecule has 0 aromatic heterocycles. The SMILES string of the molecule is [Pt].[Pt].[c-]1ccc(-c2cc[c-]cc2)cc1. The maximum absolute atomic E-state index is 2.99. The van der Waals surface area contributed by atoms with Crippen LogP contribution in [0.5, 0.6) is 0 Å². The average molecular weight is 542 g/mol. The minimum Gasteiger partial charge on any atom is -0.184 e. The Labute approximate surface area is 113 Å². The quantitative estimate of drug-likeness (QED) is 0.487. The molecule has 0 spiro atoms. The summed E-state index contributed by atoms with van der Waals surface area (Å²) in [7, 11) is 0. The summed E-state index contributed by atoms with van der Waals surface area (Å²) in [4.78, 5) is 0. The molecule has 0 aliphatic rings. The van der Waals surface area contributed by atoms with Crippen LogP contribution in [-0.4, -0.2) is 0 Å². The molecule has 0 atom stereocenters. The van der Waals surface area contributed by atoms with Crippen molar-refractivity contribution >= 4 is 0 Å². The van der Waals surface area contributed by atoms with Crippen molar-refractivity contribution in [3.63, 3.8) is 0 Å². The number of benzene rings is 2. The average Bonchev–Trinajstić information content (AvgIpc) is 2.21. The van der Waals surface area contributed by atoms with Crippen LogP contribution in [0, 0.1) is 12.1 Å². The predicted octanol–water partition coefficient (Wildman–Crippen LogP) is 2.95. The smallest absolute Gasteiger partial charge is 0 e. The Balaban J connectivity index is 0.000000845. The molecule has 0 fully saturated rings. The van der Waals surface area contributed by atoms with Crippen LogP contribution >= 0.6 is 0 Å².